The van der Waals surface area contributed by atoms with Crippen LogP contribution in [0.15, 0.2) is 77.7 Å². The standard InChI is InChI=1S/C21H20FNO2S/c1-16-7-13-20(14-8-16)26(24,25)23(21-6-4-3-5-17(21)2)15-18-9-11-19(22)12-10-18/h3-14H,15H2,1-2H3. The van der Waals surface area contributed by atoms with Gasteiger partial charge in [-0.05, 0) is 55.3 Å². The van der Waals surface area contributed by atoms with Crippen LogP contribution >= 0.6 is 0 Å². The number of nitrogens with zero attached hydrogens (tertiary/aromatic N) is 1. The third kappa shape index (κ3) is 3.78. The fourth-order valence-electron chi connectivity index (χ4n) is 2.74. The summed E-state index contributed by atoms with van der Waals surface area (Å²) in [5, 5.41) is 0. The topological polar surface area (TPSA) is 37.4 Å². The van der Waals surface area contributed by atoms with Crippen LogP contribution in [0, 0.1) is 19.7 Å². The van der Waals surface area contributed by atoms with Gasteiger partial charge in [0.05, 0.1) is 17.1 Å². The SMILES string of the molecule is Cc1ccc(S(=O)(=O)N(Cc2ccc(F)cc2)c2ccccc2C)cc1. The highest BCUT2D eigenvalue weighted by atomic mass is 32.2. The van der Waals surface area contributed by atoms with Crippen LogP contribution in [0.25, 0.3) is 0 Å². The van der Waals surface area contributed by atoms with Crippen molar-refractivity contribution >= 4 is 15.7 Å². The monoisotopic (exact) mass is 369 g/mol. The largest absolute Gasteiger partial charge is 0.264 e. The van der Waals surface area contributed by atoms with E-state index in [0.29, 0.717) is 11.3 Å². The Balaban J connectivity index is 2.09. The molecule has 5 heteroatoms. The van der Waals surface area contributed by atoms with Crippen LogP contribution < -0.4 is 4.31 Å². The predicted molar refractivity (Wildman–Crippen MR) is 102 cm³/mol. The molecule has 0 aliphatic heterocycles. The predicted octanol–water partition coefficient (Wildman–Crippen LogP) is 4.84. The van der Waals surface area contributed by atoms with Crippen molar-refractivity contribution < 1.29 is 12.8 Å². The van der Waals surface area contributed by atoms with Crippen molar-refractivity contribution in [1.29, 1.82) is 0 Å². The van der Waals surface area contributed by atoms with Crippen LogP contribution in [0.1, 0.15) is 16.7 Å². The molecule has 0 N–H and O–H groups in total. The van der Waals surface area contributed by atoms with E-state index in [4.69, 9.17) is 0 Å². The Hall–Kier alpha value is -2.66. The minimum absolute atomic E-state index is 0.126. The number of halogens is 1. The summed E-state index contributed by atoms with van der Waals surface area (Å²) in [6.45, 7) is 3.91. The molecule has 3 rings (SSSR count). The van der Waals surface area contributed by atoms with Crippen molar-refractivity contribution in [3.05, 3.63) is 95.3 Å². The number of benzene rings is 3. The maximum atomic E-state index is 13.3. The third-order valence-corrected chi connectivity index (χ3v) is 6.01. The molecule has 3 aromatic carbocycles. The second kappa shape index (κ2) is 7.30. The van der Waals surface area contributed by atoms with Gasteiger partial charge in [0.1, 0.15) is 5.82 Å². The number of rotatable bonds is 5. The first-order valence-electron chi connectivity index (χ1n) is 8.27. The summed E-state index contributed by atoms with van der Waals surface area (Å²) in [4.78, 5) is 0.230. The highest BCUT2D eigenvalue weighted by Crippen LogP contribution is 2.28. The number of hydrogen-bond acceptors (Lipinski definition) is 2. The molecular weight excluding hydrogens is 349 g/mol. The van der Waals surface area contributed by atoms with E-state index >= 15 is 0 Å². The molecule has 0 radical (unpaired) electrons. The Morgan fingerprint density at radius 1 is 0.846 bits per heavy atom. The smallest absolute Gasteiger partial charge is 0.262 e. The summed E-state index contributed by atoms with van der Waals surface area (Å²) in [5.41, 5.74) is 3.16. The van der Waals surface area contributed by atoms with Gasteiger partial charge in [0.15, 0.2) is 0 Å². The highest BCUT2D eigenvalue weighted by molar-refractivity contribution is 7.92. The van der Waals surface area contributed by atoms with E-state index < -0.39 is 10.0 Å². The van der Waals surface area contributed by atoms with Crippen molar-refractivity contribution in [3.63, 3.8) is 0 Å². The molecule has 0 bridgehead atoms. The van der Waals surface area contributed by atoms with E-state index in [9.17, 15) is 12.8 Å². The van der Waals surface area contributed by atoms with Crippen molar-refractivity contribution in [2.24, 2.45) is 0 Å². The van der Waals surface area contributed by atoms with Gasteiger partial charge in [0.25, 0.3) is 10.0 Å². The van der Waals surface area contributed by atoms with E-state index in [1.165, 1.54) is 16.4 Å². The summed E-state index contributed by atoms with van der Waals surface area (Å²) in [7, 11) is -3.76. The molecule has 0 heterocycles. The fourth-order valence-corrected chi connectivity index (χ4v) is 4.25. The zero-order valence-electron chi connectivity index (χ0n) is 14.7. The fraction of sp³-hybridized carbons (Fsp3) is 0.143. The number of para-hydroxylation sites is 1. The van der Waals surface area contributed by atoms with Gasteiger partial charge in [0, 0.05) is 0 Å². The number of sulfonamides is 1. The Labute approximate surface area is 153 Å². The second-order valence-corrected chi connectivity index (χ2v) is 8.10. The minimum Gasteiger partial charge on any atom is -0.262 e. The van der Waals surface area contributed by atoms with Crippen molar-refractivity contribution in [2.75, 3.05) is 4.31 Å². The summed E-state index contributed by atoms with van der Waals surface area (Å²) >= 11 is 0. The summed E-state index contributed by atoms with van der Waals surface area (Å²) in [6, 6.07) is 20.0. The minimum atomic E-state index is -3.76. The van der Waals surface area contributed by atoms with Crippen LogP contribution in [0.2, 0.25) is 0 Å². The summed E-state index contributed by atoms with van der Waals surface area (Å²) < 4.78 is 41.2. The molecule has 0 aliphatic carbocycles. The second-order valence-electron chi connectivity index (χ2n) is 6.24. The molecule has 0 saturated carbocycles. The van der Waals surface area contributed by atoms with Gasteiger partial charge in [-0.1, -0.05) is 48.0 Å². The van der Waals surface area contributed by atoms with E-state index in [2.05, 4.69) is 0 Å². The zero-order valence-corrected chi connectivity index (χ0v) is 15.5. The van der Waals surface area contributed by atoms with Crippen LogP contribution in [0.5, 0.6) is 0 Å². The lowest BCUT2D eigenvalue weighted by atomic mass is 10.2. The van der Waals surface area contributed by atoms with Gasteiger partial charge >= 0.3 is 0 Å². The van der Waals surface area contributed by atoms with Gasteiger partial charge < -0.3 is 0 Å². The number of hydrogen-bond donors (Lipinski definition) is 0. The van der Waals surface area contributed by atoms with E-state index in [1.807, 2.05) is 32.0 Å². The number of anilines is 1. The molecule has 0 unspecified atom stereocenters. The maximum Gasteiger partial charge on any atom is 0.264 e. The lowest BCUT2D eigenvalue weighted by Crippen LogP contribution is -2.31. The highest BCUT2D eigenvalue weighted by Gasteiger charge is 2.26. The molecule has 0 aliphatic rings. The first kappa shape index (κ1) is 18.1. The Kier molecular flexibility index (Phi) is 5.09. The Morgan fingerprint density at radius 2 is 1.46 bits per heavy atom. The summed E-state index contributed by atoms with van der Waals surface area (Å²) in [5.74, 6) is -0.349. The zero-order chi connectivity index (χ0) is 18.7. The average Bonchev–Trinajstić information content (AvgIpc) is 2.62. The Morgan fingerprint density at radius 3 is 2.08 bits per heavy atom. The molecule has 3 aromatic rings. The van der Waals surface area contributed by atoms with Crippen molar-refractivity contribution in [1.82, 2.24) is 0 Å². The maximum absolute atomic E-state index is 13.3. The van der Waals surface area contributed by atoms with Crippen LogP contribution in [-0.2, 0) is 16.6 Å². The lowest BCUT2D eigenvalue weighted by molar-refractivity contribution is 0.590. The third-order valence-electron chi connectivity index (χ3n) is 4.23. The normalized spacial score (nSPS) is 11.3. The molecule has 134 valence electrons. The van der Waals surface area contributed by atoms with Crippen molar-refractivity contribution in [3.8, 4) is 0 Å². The molecule has 3 nitrogen and oxygen atoms in total. The lowest BCUT2D eigenvalue weighted by Gasteiger charge is -2.26. The first-order chi connectivity index (χ1) is 12.4. The molecule has 0 atom stereocenters. The molecule has 0 spiro atoms. The molecule has 0 saturated heterocycles. The van der Waals surface area contributed by atoms with Gasteiger partial charge in [-0.25, -0.2) is 12.8 Å². The average molecular weight is 369 g/mol. The van der Waals surface area contributed by atoms with E-state index in [1.54, 1.807) is 42.5 Å². The first-order valence-corrected chi connectivity index (χ1v) is 9.71. The number of aryl methyl sites for hydroxylation is 2. The summed E-state index contributed by atoms with van der Waals surface area (Å²) in [6.07, 6.45) is 0. The van der Waals surface area contributed by atoms with Crippen LogP contribution in [-0.4, -0.2) is 8.42 Å². The van der Waals surface area contributed by atoms with Crippen LogP contribution in [0.4, 0.5) is 10.1 Å². The Bertz CT molecular complexity index is 997. The van der Waals surface area contributed by atoms with Gasteiger partial charge in [0.2, 0.25) is 0 Å². The van der Waals surface area contributed by atoms with Gasteiger partial charge in [-0.2, -0.15) is 0 Å². The molecule has 0 amide bonds. The molecule has 26 heavy (non-hydrogen) atoms. The van der Waals surface area contributed by atoms with Crippen molar-refractivity contribution in [2.45, 2.75) is 25.3 Å². The van der Waals surface area contributed by atoms with E-state index in [0.717, 1.165) is 11.1 Å². The van der Waals surface area contributed by atoms with Crippen LogP contribution in [0.3, 0.4) is 0 Å². The van der Waals surface area contributed by atoms with Gasteiger partial charge in [-0.3, -0.25) is 4.31 Å². The molecular formula is C21H20FNO2S. The molecule has 0 aromatic heterocycles. The molecule has 0 fully saturated rings. The quantitative estimate of drug-likeness (QED) is 0.645. The van der Waals surface area contributed by atoms with Gasteiger partial charge in [-0.15, -0.1) is 0 Å². The van der Waals surface area contributed by atoms with E-state index in [-0.39, 0.29) is 17.3 Å².